The molecule has 0 saturated heterocycles. The number of amides is 2. The number of methoxy groups -OCH3 is 1. The number of ether oxygens (including phenoxy) is 1. The quantitative estimate of drug-likeness (QED) is 0.498. The zero-order valence-electron chi connectivity index (χ0n) is 20.1. The summed E-state index contributed by atoms with van der Waals surface area (Å²) in [6.07, 6.45) is 1.45. The lowest BCUT2D eigenvalue weighted by Crippen LogP contribution is -2.43. The van der Waals surface area contributed by atoms with Crippen LogP contribution in [0.5, 0.6) is 5.75 Å². The molecule has 34 heavy (non-hydrogen) atoms. The van der Waals surface area contributed by atoms with Crippen LogP contribution in [0.3, 0.4) is 0 Å². The molecule has 3 aromatic rings. The molecule has 0 aliphatic heterocycles. The van der Waals surface area contributed by atoms with Gasteiger partial charge in [0.15, 0.2) is 9.84 Å². The Hall–Kier alpha value is -3.33. The van der Waals surface area contributed by atoms with E-state index < -0.39 is 21.5 Å². The third-order valence-corrected chi connectivity index (χ3v) is 7.11. The van der Waals surface area contributed by atoms with Crippen LogP contribution >= 0.6 is 0 Å². The highest BCUT2D eigenvalue weighted by Crippen LogP contribution is 2.27. The van der Waals surface area contributed by atoms with Crippen molar-refractivity contribution in [3.05, 3.63) is 54.7 Å². The second kappa shape index (κ2) is 10.3. The van der Waals surface area contributed by atoms with Crippen LogP contribution in [-0.4, -0.2) is 54.6 Å². The molecule has 1 heterocycles. The van der Waals surface area contributed by atoms with E-state index in [1.54, 1.807) is 58.0 Å². The van der Waals surface area contributed by atoms with Crippen LogP contribution in [0.2, 0.25) is 0 Å². The molecule has 0 bridgehead atoms. The van der Waals surface area contributed by atoms with Gasteiger partial charge in [0.1, 0.15) is 18.0 Å². The highest BCUT2D eigenvalue weighted by atomic mass is 32.2. The molecule has 182 valence electrons. The fourth-order valence-corrected chi connectivity index (χ4v) is 5.51. The van der Waals surface area contributed by atoms with E-state index in [1.807, 2.05) is 27.7 Å². The minimum atomic E-state index is -3.98. The lowest BCUT2D eigenvalue weighted by atomic mass is 10.2. The monoisotopic (exact) mass is 485 g/mol. The van der Waals surface area contributed by atoms with Crippen LogP contribution in [0.1, 0.15) is 27.7 Å². The van der Waals surface area contributed by atoms with Crippen molar-refractivity contribution in [1.82, 2.24) is 9.47 Å². The first-order chi connectivity index (χ1) is 16.0. The maximum absolute atomic E-state index is 13.2. The van der Waals surface area contributed by atoms with Crippen molar-refractivity contribution in [1.29, 1.82) is 0 Å². The first-order valence-corrected chi connectivity index (χ1v) is 12.7. The topological polar surface area (TPSA) is 97.7 Å². The van der Waals surface area contributed by atoms with Crippen LogP contribution in [0, 0.1) is 0 Å². The first kappa shape index (κ1) is 25.3. The average Bonchev–Trinajstić information content (AvgIpc) is 3.12. The summed E-state index contributed by atoms with van der Waals surface area (Å²) < 4.78 is 33.2. The van der Waals surface area contributed by atoms with E-state index in [4.69, 9.17) is 4.74 Å². The van der Waals surface area contributed by atoms with E-state index in [0.717, 1.165) is 0 Å². The van der Waals surface area contributed by atoms with Gasteiger partial charge in [-0.05, 0) is 45.9 Å². The predicted molar refractivity (Wildman–Crippen MR) is 133 cm³/mol. The Kier molecular flexibility index (Phi) is 7.66. The average molecular weight is 486 g/mol. The number of nitrogens with zero attached hydrogens (tertiary/aromatic N) is 2. The van der Waals surface area contributed by atoms with Gasteiger partial charge in [0, 0.05) is 40.9 Å². The smallest absolute Gasteiger partial charge is 0.242 e. The Morgan fingerprint density at radius 2 is 1.71 bits per heavy atom. The van der Waals surface area contributed by atoms with Crippen molar-refractivity contribution in [3.8, 4) is 5.75 Å². The predicted octanol–water partition coefficient (Wildman–Crippen LogP) is 3.71. The van der Waals surface area contributed by atoms with Gasteiger partial charge in [-0.2, -0.15) is 0 Å². The number of carbonyl (C=O) groups excluding carboxylic acids is 2. The van der Waals surface area contributed by atoms with Gasteiger partial charge in [-0.3, -0.25) is 9.59 Å². The van der Waals surface area contributed by atoms with Gasteiger partial charge in [-0.25, -0.2) is 8.42 Å². The standard InChI is InChI=1S/C25H31N3O5S/c1-17(2)28(18(3)4)25(30)15-27-14-23(21-11-6-7-12-22(21)27)34(31,32)16-24(29)26-19-9-8-10-20(13-19)33-5/h6-14,17-18H,15-16H2,1-5H3,(H,26,29). The van der Waals surface area contributed by atoms with Crippen LogP contribution in [0.15, 0.2) is 59.6 Å². The molecule has 3 rings (SSSR count). The number of anilines is 1. The number of carbonyl (C=O) groups is 2. The Balaban J connectivity index is 1.88. The van der Waals surface area contributed by atoms with E-state index in [9.17, 15) is 18.0 Å². The van der Waals surface area contributed by atoms with Gasteiger partial charge in [0.25, 0.3) is 0 Å². The van der Waals surface area contributed by atoms with Crippen molar-refractivity contribution >= 4 is 38.2 Å². The lowest BCUT2D eigenvalue weighted by molar-refractivity contribution is -0.135. The summed E-state index contributed by atoms with van der Waals surface area (Å²) in [5.74, 6) is -0.946. The van der Waals surface area contributed by atoms with E-state index in [-0.39, 0.29) is 29.4 Å². The van der Waals surface area contributed by atoms with Crippen LogP contribution in [0.25, 0.3) is 10.9 Å². The van der Waals surface area contributed by atoms with E-state index in [0.29, 0.717) is 22.3 Å². The number of nitrogens with one attached hydrogen (secondary N) is 1. The zero-order valence-corrected chi connectivity index (χ0v) is 20.9. The van der Waals surface area contributed by atoms with Gasteiger partial charge < -0.3 is 19.5 Å². The fourth-order valence-electron chi connectivity index (χ4n) is 4.14. The molecule has 0 saturated carbocycles. The number of fused-ring (bicyclic) bond motifs is 1. The molecule has 0 spiro atoms. The van der Waals surface area contributed by atoms with Gasteiger partial charge in [-0.15, -0.1) is 0 Å². The molecule has 9 heteroatoms. The van der Waals surface area contributed by atoms with Gasteiger partial charge >= 0.3 is 0 Å². The molecule has 0 atom stereocenters. The summed E-state index contributed by atoms with van der Waals surface area (Å²) in [6, 6.07) is 13.7. The molecule has 2 amide bonds. The Bertz CT molecular complexity index is 1290. The van der Waals surface area contributed by atoms with Crippen LogP contribution in [-0.2, 0) is 26.0 Å². The van der Waals surface area contributed by atoms with Crippen molar-refractivity contribution in [2.24, 2.45) is 0 Å². The van der Waals surface area contributed by atoms with Crippen LogP contribution in [0.4, 0.5) is 5.69 Å². The molecule has 1 N–H and O–H groups in total. The second-order valence-corrected chi connectivity index (χ2v) is 10.6. The Morgan fingerprint density at radius 1 is 1.03 bits per heavy atom. The third-order valence-electron chi connectivity index (χ3n) is 5.47. The van der Waals surface area contributed by atoms with Crippen LogP contribution < -0.4 is 10.1 Å². The highest BCUT2D eigenvalue weighted by molar-refractivity contribution is 7.92. The summed E-state index contributed by atoms with van der Waals surface area (Å²) in [5, 5.41) is 3.08. The molecule has 0 radical (unpaired) electrons. The molecule has 1 aromatic heterocycles. The normalized spacial score (nSPS) is 11.7. The van der Waals surface area contributed by atoms with Gasteiger partial charge in [0.2, 0.25) is 11.8 Å². The van der Waals surface area contributed by atoms with E-state index >= 15 is 0 Å². The van der Waals surface area contributed by atoms with Gasteiger partial charge in [0.05, 0.1) is 12.0 Å². The number of rotatable bonds is 9. The SMILES string of the molecule is COc1cccc(NC(=O)CS(=O)(=O)c2cn(CC(=O)N(C(C)C)C(C)C)c3ccccc23)c1. The minimum Gasteiger partial charge on any atom is -0.497 e. The van der Waals surface area contributed by atoms with Crippen molar-refractivity contribution in [2.75, 3.05) is 18.2 Å². The molecule has 8 nitrogen and oxygen atoms in total. The third kappa shape index (κ3) is 5.59. The summed E-state index contributed by atoms with van der Waals surface area (Å²) in [6.45, 7) is 7.79. The summed E-state index contributed by atoms with van der Waals surface area (Å²) >= 11 is 0. The Labute approximate surface area is 200 Å². The lowest BCUT2D eigenvalue weighted by Gasteiger charge is -2.31. The molecule has 0 aliphatic carbocycles. The second-order valence-electron chi connectivity index (χ2n) is 8.67. The first-order valence-electron chi connectivity index (χ1n) is 11.1. The number of sulfone groups is 1. The number of para-hydroxylation sites is 1. The number of benzene rings is 2. The largest absolute Gasteiger partial charge is 0.497 e. The summed E-state index contributed by atoms with van der Waals surface area (Å²) in [4.78, 5) is 27.4. The van der Waals surface area contributed by atoms with E-state index in [1.165, 1.54) is 13.3 Å². The van der Waals surface area contributed by atoms with Crippen molar-refractivity contribution in [2.45, 2.75) is 51.2 Å². The number of aromatic nitrogens is 1. The summed E-state index contributed by atoms with van der Waals surface area (Å²) in [5.41, 5.74) is 1.06. The van der Waals surface area contributed by atoms with E-state index in [2.05, 4.69) is 5.32 Å². The highest BCUT2D eigenvalue weighted by Gasteiger charge is 2.26. The Morgan fingerprint density at radius 3 is 2.35 bits per heavy atom. The maximum atomic E-state index is 13.2. The number of hydrogen-bond donors (Lipinski definition) is 1. The molecule has 0 unspecified atom stereocenters. The minimum absolute atomic E-state index is 0.00238. The molecular weight excluding hydrogens is 454 g/mol. The number of hydrogen-bond acceptors (Lipinski definition) is 5. The molecule has 0 fully saturated rings. The van der Waals surface area contributed by atoms with Gasteiger partial charge in [-0.1, -0.05) is 24.3 Å². The fraction of sp³-hybridized carbons (Fsp3) is 0.360. The summed E-state index contributed by atoms with van der Waals surface area (Å²) in [7, 11) is -2.47. The maximum Gasteiger partial charge on any atom is 0.242 e. The van der Waals surface area contributed by atoms with Crippen molar-refractivity contribution < 1.29 is 22.7 Å². The molecule has 0 aliphatic rings. The zero-order chi connectivity index (χ0) is 25.0. The molecular formula is C25H31N3O5S. The molecule has 2 aromatic carbocycles. The van der Waals surface area contributed by atoms with Crippen molar-refractivity contribution in [3.63, 3.8) is 0 Å².